The second kappa shape index (κ2) is 6.15. The molecule has 30 heavy (non-hydrogen) atoms. The van der Waals surface area contributed by atoms with E-state index in [0.717, 1.165) is 0 Å². The maximum Gasteiger partial charge on any atom is 0.419 e. The molecule has 0 saturated heterocycles. The lowest BCUT2D eigenvalue weighted by atomic mass is 9.79. The summed E-state index contributed by atoms with van der Waals surface area (Å²) in [6.07, 6.45) is -0.317. The number of rotatable bonds is 1. The predicted octanol–water partition coefficient (Wildman–Crippen LogP) is 4.00. The number of ether oxygens (including phenoxy) is 2. The Balaban J connectivity index is 1.76. The minimum Gasteiger partial charge on any atom is -0.462 e. The summed E-state index contributed by atoms with van der Waals surface area (Å²) in [5.41, 5.74) is 4.74. The second-order valence-corrected chi connectivity index (χ2v) is 6.87. The van der Waals surface area contributed by atoms with E-state index < -0.39 is 23.1 Å². The molecule has 5 rings (SSSR count). The molecule has 0 aliphatic carbocycles. The molecule has 2 N–H and O–H groups in total. The first-order chi connectivity index (χ1) is 14.3. The zero-order valence-corrected chi connectivity index (χ0v) is 15.1. The molecule has 1 aromatic heterocycles. The van der Waals surface area contributed by atoms with Gasteiger partial charge >= 0.3 is 6.18 Å². The number of amidine groups is 1. The van der Waals surface area contributed by atoms with Crippen molar-refractivity contribution < 1.29 is 27.0 Å². The Morgan fingerprint density at radius 1 is 0.967 bits per heavy atom. The maximum absolute atomic E-state index is 14.2. The van der Waals surface area contributed by atoms with Crippen LogP contribution in [0.1, 0.15) is 16.7 Å². The summed E-state index contributed by atoms with van der Waals surface area (Å²) in [7, 11) is 0. The van der Waals surface area contributed by atoms with E-state index in [1.807, 2.05) is 0 Å². The molecule has 3 aromatic rings. The molecule has 0 fully saturated rings. The number of hydrogen-bond acceptors (Lipinski definition) is 6. The van der Waals surface area contributed by atoms with Crippen molar-refractivity contribution in [3.63, 3.8) is 0 Å². The molecule has 0 unspecified atom stereocenters. The molecule has 6 nitrogen and oxygen atoms in total. The Kier molecular flexibility index (Phi) is 3.76. The molecule has 3 heterocycles. The van der Waals surface area contributed by atoms with Crippen LogP contribution in [0.2, 0.25) is 0 Å². The van der Waals surface area contributed by atoms with Gasteiger partial charge in [0.25, 0.3) is 6.02 Å². The van der Waals surface area contributed by atoms with E-state index in [0.29, 0.717) is 34.6 Å². The van der Waals surface area contributed by atoms with Gasteiger partial charge in [0.2, 0.25) is 0 Å². The van der Waals surface area contributed by atoms with Gasteiger partial charge in [-0.2, -0.15) is 13.2 Å². The smallest absolute Gasteiger partial charge is 0.419 e. The van der Waals surface area contributed by atoms with E-state index >= 15 is 0 Å². The number of alkyl halides is 3. The number of aliphatic imine (C=N–C) groups is 1. The summed E-state index contributed by atoms with van der Waals surface area (Å²) in [4.78, 5) is 12.3. The third-order valence-corrected chi connectivity index (χ3v) is 5.09. The number of nitrogens with two attached hydrogens (primary N) is 1. The molecule has 0 bridgehead atoms. The summed E-state index contributed by atoms with van der Waals surface area (Å²) < 4.78 is 65.3. The first-order valence-corrected chi connectivity index (χ1v) is 8.75. The van der Waals surface area contributed by atoms with Crippen LogP contribution in [0, 0.1) is 5.82 Å². The van der Waals surface area contributed by atoms with Gasteiger partial charge in [-0.1, -0.05) is 6.07 Å². The highest BCUT2D eigenvalue weighted by Gasteiger charge is 2.49. The van der Waals surface area contributed by atoms with Gasteiger partial charge in [0, 0.05) is 35.2 Å². The van der Waals surface area contributed by atoms with Crippen LogP contribution in [-0.2, 0) is 16.5 Å². The van der Waals surface area contributed by atoms with Crippen molar-refractivity contribution in [2.75, 3.05) is 6.61 Å². The SMILES string of the molecule is NC1=N[C@@]2(CO1)c1cc(-c3cncnc3)ccc1Oc1cc(F)c(C(F)(F)F)cc12. The van der Waals surface area contributed by atoms with Gasteiger partial charge in [-0.15, -0.1) is 0 Å². The van der Waals surface area contributed by atoms with Gasteiger partial charge in [-0.3, -0.25) is 0 Å². The molecule has 10 heteroatoms. The van der Waals surface area contributed by atoms with E-state index in [2.05, 4.69) is 15.0 Å². The predicted molar refractivity (Wildman–Crippen MR) is 97.3 cm³/mol. The summed E-state index contributed by atoms with van der Waals surface area (Å²) in [5.74, 6) is -1.20. The lowest BCUT2D eigenvalue weighted by molar-refractivity contribution is -0.140. The van der Waals surface area contributed by atoms with Crippen molar-refractivity contribution in [2.45, 2.75) is 11.7 Å². The average molecular weight is 416 g/mol. The van der Waals surface area contributed by atoms with Crippen LogP contribution < -0.4 is 10.5 Å². The Hall–Kier alpha value is -3.69. The maximum atomic E-state index is 14.2. The van der Waals surface area contributed by atoms with Crippen molar-refractivity contribution in [3.05, 3.63) is 71.6 Å². The van der Waals surface area contributed by atoms with Crippen LogP contribution in [0.15, 0.2) is 54.0 Å². The molecule has 152 valence electrons. The Bertz CT molecular complexity index is 1200. The molecule has 1 atom stereocenters. The van der Waals surface area contributed by atoms with Gasteiger partial charge in [0.05, 0.1) is 5.56 Å². The van der Waals surface area contributed by atoms with Crippen LogP contribution >= 0.6 is 0 Å². The Morgan fingerprint density at radius 3 is 2.37 bits per heavy atom. The molecular formula is C20H12F4N4O2. The molecule has 1 spiro atoms. The summed E-state index contributed by atoms with van der Waals surface area (Å²) in [6, 6.07) is 6.31. The first kappa shape index (κ1) is 18.3. The Labute approximate surface area is 167 Å². The number of nitrogens with zero attached hydrogens (tertiary/aromatic N) is 3. The van der Waals surface area contributed by atoms with Gasteiger partial charge in [-0.25, -0.2) is 19.4 Å². The standard InChI is InChI=1S/C20H12F4N4O2/c21-15-5-17-14(4-12(15)20(22,23)24)19(8-29-18(25)28-19)13-3-10(1-2-16(13)30-17)11-6-26-9-27-7-11/h1-7,9H,8H2,(H2,25,28)/t19-/m0/s1. The van der Waals surface area contributed by atoms with Gasteiger partial charge in [-0.05, 0) is 23.8 Å². The second-order valence-electron chi connectivity index (χ2n) is 6.87. The number of aromatic nitrogens is 2. The van der Waals surface area contributed by atoms with E-state index in [-0.39, 0.29) is 23.9 Å². The van der Waals surface area contributed by atoms with E-state index in [1.165, 1.54) is 6.33 Å². The third-order valence-electron chi connectivity index (χ3n) is 5.09. The topological polar surface area (TPSA) is 82.6 Å². The highest BCUT2D eigenvalue weighted by Crippen LogP contribution is 2.53. The van der Waals surface area contributed by atoms with Crippen LogP contribution in [0.3, 0.4) is 0 Å². The molecule has 2 aliphatic heterocycles. The average Bonchev–Trinajstić information content (AvgIpc) is 3.09. The fourth-order valence-electron chi connectivity index (χ4n) is 3.72. The Morgan fingerprint density at radius 2 is 1.70 bits per heavy atom. The van der Waals surface area contributed by atoms with Crippen LogP contribution in [0.4, 0.5) is 17.6 Å². The molecule has 0 saturated carbocycles. The lowest BCUT2D eigenvalue weighted by Crippen LogP contribution is -2.32. The fraction of sp³-hybridized carbons (Fsp3) is 0.150. The summed E-state index contributed by atoms with van der Waals surface area (Å²) >= 11 is 0. The summed E-state index contributed by atoms with van der Waals surface area (Å²) in [6.45, 7) is -0.153. The normalized spacial score (nSPS) is 19.5. The molecular weight excluding hydrogens is 404 g/mol. The molecule has 0 amide bonds. The van der Waals surface area contributed by atoms with Crippen LogP contribution in [0.5, 0.6) is 11.5 Å². The highest BCUT2D eigenvalue weighted by atomic mass is 19.4. The number of benzene rings is 2. The van der Waals surface area contributed by atoms with Crippen molar-refractivity contribution >= 4 is 6.02 Å². The summed E-state index contributed by atoms with van der Waals surface area (Å²) in [5, 5.41) is 0. The molecule has 0 radical (unpaired) electrons. The van der Waals surface area contributed by atoms with Gasteiger partial charge in [0.1, 0.15) is 30.3 Å². The fourth-order valence-corrected chi connectivity index (χ4v) is 3.72. The monoisotopic (exact) mass is 416 g/mol. The number of halogens is 4. The zero-order valence-electron chi connectivity index (χ0n) is 15.1. The van der Waals surface area contributed by atoms with Crippen LogP contribution in [-0.4, -0.2) is 22.6 Å². The lowest BCUT2D eigenvalue weighted by Gasteiger charge is -2.34. The quantitative estimate of drug-likeness (QED) is 0.607. The largest absolute Gasteiger partial charge is 0.462 e. The van der Waals surface area contributed by atoms with E-state index in [4.69, 9.17) is 15.2 Å². The third kappa shape index (κ3) is 2.67. The minimum absolute atomic E-state index is 0.0191. The van der Waals surface area contributed by atoms with Gasteiger partial charge < -0.3 is 15.2 Å². The zero-order chi connectivity index (χ0) is 21.1. The highest BCUT2D eigenvalue weighted by molar-refractivity contribution is 5.78. The van der Waals surface area contributed by atoms with Crippen molar-refractivity contribution in [1.29, 1.82) is 0 Å². The van der Waals surface area contributed by atoms with E-state index in [1.54, 1.807) is 30.6 Å². The van der Waals surface area contributed by atoms with Crippen molar-refractivity contribution in [2.24, 2.45) is 10.7 Å². The van der Waals surface area contributed by atoms with Crippen molar-refractivity contribution in [1.82, 2.24) is 9.97 Å². The van der Waals surface area contributed by atoms with Crippen molar-refractivity contribution in [3.8, 4) is 22.6 Å². The van der Waals surface area contributed by atoms with Gasteiger partial charge in [0.15, 0.2) is 5.54 Å². The molecule has 2 aromatic carbocycles. The molecule has 2 aliphatic rings. The first-order valence-electron chi connectivity index (χ1n) is 8.75. The number of hydrogen-bond donors (Lipinski definition) is 1. The minimum atomic E-state index is -4.89. The van der Waals surface area contributed by atoms with Crippen LogP contribution in [0.25, 0.3) is 11.1 Å². The van der Waals surface area contributed by atoms with E-state index in [9.17, 15) is 17.6 Å². The number of fused-ring (bicyclic) bond motifs is 4.